The average Bonchev–Trinajstić information content (AvgIpc) is 3.51. The van der Waals surface area contributed by atoms with Crippen LogP contribution in [0.3, 0.4) is 0 Å². The van der Waals surface area contributed by atoms with Gasteiger partial charge in [-0.3, -0.25) is 9.78 Å². The van der Waals surface area contributed by atoms with Crippen LogP contribution in [0.15, 0.2) is 71.6 Å². The quantitative estimate of drug-likeness (QED) is 0.323. The van der Waals surface area contributed by atoms with Crippen molar-refractivity contribution in [3.05, 3.63) is 94.1 Å². The molecule has 0 saturated heterocycles. The summed E-state index contributed by atoms with van der Waals surface area (Å²) in [5, 5.41) is 5.92. The molecule has 0 spiro atoms. The first-order valence-electron chi connectivity index (χ1n) is 10.5. The van der Waals surface area contributed by atoms with E-state index in [-0.39, 0.29) is 18.0 Å². The molecule has 4 rings (SSSR count). The van der Waals surface area contributed by atoms with E-state index in [2.05, 4.69) is 20.6 Å². The van der Waals surface area contributed by atoms with Crippen LogP contribution in [-0.4, -0.2) is 22.4 Å². The summed E-state index contributed by atoms with van der Waals surface area (Å²) in [4.78, 5) is 20.0. The summed E-state index contributed by atoms with van der Waals surface area (Å²) in [6.07, 6.45) is 0.478. The molecular weight excluding hydrogens is 465 g/mol. The maximum absolute atomic E-state index is 13.5. The summed E-state index contributed by atoms with van der Waals surface area (Å²) >= 11 is 0.763. The lowest BCUT2D eigenvalue weighted by molar-refractivity contribution is -0.141. The minimum atomic E-state index is -4.72. The van der Waals surface area contributed by atoms with Crippen LogP contribution in [0.25, 0.3) is 11.1 Å². The Hall–Kier alpha value is -3.50. The van der Waals surface area contributed by atoms with Crippen molar-refractivity contribution in [2.45, 2.75) is 25.7 Å². The van der Waals surface area contributed by atoms with Crippen LogP contribution in [0.5, 0.6) is 0 Å². The monoisotopic (exact) mass is 486 g/mol. The summed E-state index contributed by atoms with van der Waals surface area (Å²) in [5.41, 5.74) is 1.41. The number of thiazole rings is 1. The third kappa shape index (κ3) is 6.09. The third-order valence-electron chi connectivity index (χ3n) is 4.92. The van der Waals surface area contributed by atoms with E-state index in [1.165, 1.54) is 0 Å². The average molecular weight is 487 g/mol. The van der Waals surface area contributed by atoms with Crippen LogP contribution in [-0.2, 0) is 25.7 Å². The second-order valence-electron chi connectivity index (χ2n) is 7.41. The number of pyridine rings is 1. The van der Waals surface area contributed by atoms with Gasteiger partial charge in [0.15, 0.2) is 5.69 Å². The van der Waals surface area contributed by atoms with Gasteiger partial charge in [-0.1, -0.05) is 24.3 Å². The van der Waals surface area contributed by atoms with E-state index in [1.807, 2.05) is 30.3 Å². The molecule has 0 aliphatic carbocycles. The van der Waals surface area contributed by atoms with Gasteiger partial charge in [-0.25, -0.2) is 4.98 Å². The Bertz CT molecular complexity index is 1220. The van der Waals surface area contributed by atoms with Crippen LogP contribution in [0.1, 0.15) is 31.7 Å². The molecule has 0 aliphatic heterocycles. The fraction of sp³-hybridized carbons (Fsp3) is 0.208. The van der Waals surface area contributed by atoms with E-state index in [9.17, 15) is 18.0 Å². The lowest BCUT2D eigenvalue weighted by atomic mass is 10.0. The van der Waals surface area contributed by atoms with Crippen LogP contribution in [0.2, 0.25) is 0 Å². The summed E-state index contributed by atoms with van der Waals surface area (Å²) in [6.45, 7) is 0.936. The molecule has 1 aromatic carbocycles. The lowest BCUT2D eigenvalue weighted by Crippen LogP contribution is -2.24. The van der Waals surface area contributed by atoms with E-state index < -0.39 is 22.7 Å². The Labute approximate surface area is 197 Å². The topological polar surface area (TPSA) is 80.0 Å². The zero-order valence-electron chi connectivity index (χ0n) is 17.9. The van der Waals surface area contributed by atoms with E-state index in [1.54, 1.807) is 36.9 Å². The number of nitrogens with one attached hydrogen (secondary N) is 2. The minimum absolute atomic E-state index is 0.0855. The summed E-state index contributed by atoms with van der Waals surface area (Å²) in [5.74, 6) is -0.0748. The van der Waals surface area contributed by atoms with Gasteiger partial charge < -0.3 is 15.1 Å². The van der Waals surface area contributed by atoms with Gasteiger partial charge in [-0.05, 0) is 41.0 Å². The Kier molecular flexibility index (Phi) is 7.39. The number of hydrogen-bond donors (Lipinski definition) is 2. The van der Waals surface area contributed by atoms with Crippen LogP contribution >= 0.6 is 11.3 Å². The van der Waals surface area contributed by atoms with Crippen molar-refractivity contribution < 1.29 is 22.4 Å². The number of halogens is 3. The van der Waals surface area contributed by atoms with E-state index in [0.29, 0.717) is 13.1 Å². The molecule has 176 valence electrons. The molecule has 34 heavy (non-hydrogen) atoms. The Morgan fingerprint density at radius 2 is 1.91 bits per heavy atom. The number of hydrogen-bond acceptors (Lipinski definition) is 6. The molecular formula is C24H21F3N4O2S. The van der Waals surface area contributed by atoms with Crippen LogP contribution < -0.4 is 10.6 Å². The van der Waals surface area contributed by atoms with Crippen molar-refractivity contribution in [1.82, 2.24) is 20.6 Å². The first-order chi connectivity index (χ1) is 16.4. The maximum atomic E-state index is 13.5. The summed E-state index contributed by atoms with van der Waals surface area (Å²) in [6, 6.07) is 14.7. The van der Waals surface area contributed by atoms with Crippen molar-refractivity contribution in [2.24, 2.45) is 0 Å². The van der Waals surface area contributed by atoms with Crippen molar-refractivity contribution >= 4 is 17.2 Å². The fourth-order valence-corrected chi connectivity index (χ4v) is 4.29. The van der Waals surface area contributed by atoms with Gasteiger partial charge >= 0.3 is 6.18 Å². The van der Waals surface area contributed by atoms with Gasteiger partial charge in [-0.15, -0.1) is 11.3 Å². The summed E-state index contributed by atoms with van der Waals surface area (Å²) in [7, 11) is 0. The Balaban J connectivity index is 1.40. The molecule has 6 nitrogen and oxygen atoms in total. The van der Waals surface area contributed by atoms with Gasteiger partial charge in [0.05, 0.1) is 17.8 Å². The molecule has 3 heterocycles. The zero-order chi connectivity index (χ0) is 24.0. The van der Waals surface area contributed by atoms with Crippen molar-refractivity contribution in [3.63, 3.8) is 0 Å². The number of carbonyl (C=O) groups is 1. The highest BCUT2D eigenvalue weighted by atomic mass is 32.1. The molecule has 0 bridgehead atoms. The Morgan fingerprint density at radius 1 is 1.06 bits per heavy atom. The predicted octanol–water partition coefficient (Wildman–Crippen LogP) is 5.08. The number of aromatic nitrogens is 2. The number of furan rings is 1. The van der Waals surface area contributed by atoms with Gasteiger partial charge in [-0.2, -0.15) is 13.2 Å². The number of nitrogens with zero attached hydrogens (tertiary/aromatic N) is 2. The maximum Gasteiger partial charge on any atom is 0.435 e. The lowest BCUT2D eigenvalue weighted by Gasteiger charge is -2.09. The largest absolute Gasteiger partial charge is 0.468 e. The molecule has 0 aliphatic rings. The second kappa shape index (κ2) is 10.6. The SMILES string of the molecule is O=C(NCc1cccc(-c2cccnc2)c1)c1sc(CCNCc2ccco2)nc1C(F)(F)F. The first-order valence-corrected chi connectivity index (χ1v) is 11.3. The smallest absolute Gasteiger partial charge is 0.435 e. The van der Waals surface area contributed by atoms with Crippen LogP contribution in [0.4, 0.5) is 13.2 Å². The highest BCUT2D eigenvalue weighted by Crippen LogP contribution is 2.34. The van der Waals surface area contributed by atoms with E-state index in [0.717, 1.165) is 33.8 Å². The molecule has 10 heteroatoms. The molecule has 2 N–H and O–H groups in total. The molecule has 0 radical (unpaired) electrons. The number of benzene rings is 1. The normalized spacial score (nSPS) is 11.5. The Morgan fingerprint density at radius 3 is 2.65 bits per heavy atom. The zero-order valence-corrected chi connectivity index (χ0v) is 18.7. The van der Waals surface area contributed by atoms with Crippen molar-refractivity contribution in [3.8, 4) is 11.1 Å². The summed E-state index contributed by atoms with van der Waals surface area (Å²) < 4.78 is 45.8. The molecule has 1 amide bonds. The first kappa shape index (κ1) is 23.7. The van der Waals surface area contributed by atoms with Gasteiger partial charge in [0.1, 0.15) is 10.6 Å². The van der Waals surface area contributed by atoms with Gasteiger partial charge in [0, 0.05) is 31.9 Å². The highest BCUT2D eigenvalue weighted by molar-refractivity contribution is 7.13. The van der Waals surface area contributed by atoms with Gasteiger partial charge in [0.2, 0.25) is 0 Å². The van der Waals surface area contributed by atoms with Gasteiger partial charge in [0.25, 0.3) is 5.91 Å². The third-order valence-corrected chi connectivity index (χ3v) is 6.03. The van der Waals surface area contributed by atoms with E-state index in [4.69, 9.17) is 4.42 Å². The fourth-order valence-electron chi connectivity index (χ4n) is 3.29. The molecule has 3 aromatic heterocycles. The molecule has 4 aromatic rings. The predicted molar refractivity (Wildman–Crippen MR) is 122 cm³/mol. The van der Waals surface area contributed by atoms with Crippen molar-refractivity contribution in [1.29, 1.82) is 0 Å². The number of rotatable bonds is 9. The minimum Gasteiger partial charge on any atom is -0.468 e. The highest BCUT2D eigenvalue weighted by Gasteiger charge is 2.39. The molecule has 0 unspecified atom stereocenters. The number of carbonyl (C=O) groups excluding carboxylic acids is 1. The number of alkyl halides is 3. The molecule has 0 saturated carbocycles. The molecule has 0 fully saturated rings. The molecule has 0 atom stereocenters. The van der Waals surface area contributed by atoms with E-state index >= 15 is 0 Å². The van der Waals surface area contributed by atoms with Crippen LogP contribution in [0, 0.1) is 0 Å². The second-order valence-corrected chi connectivity index (χ2v) is 8.50. The standard InChI is InChI=1S/C24H21F3N4O2S/c25-24(26,27)22-21(34-20(31-22)8-10-29-15-19-7-3-11-33-19)23(32)30-13-16-4-1-5-17(12-16)18-6-2-9-28-14-18/h1-7,9,11-12,14,29H,8,10,13,15H2,(H,30,32). The van der Waals surface area contributed by atoms with Crippen molar-refractivity contribution in [2.75, 3.05) is 6.54 Å². The number of amides is 1.